The summed E-state index contributed by atoms with van der Waals surface area (Å²) in [4.78, 5) is 11.1. The minimum Gasteiger partial charge on any atom is -0.463 e. The smallest absolute Gasteiger partial charge is 0.330 e. The molecule has 0 aromatic heterocycles. The Balaban J connectivity index is 2.09. The zero-order chi connectivity index (χ0) is 12.9. The van der Waals surface area contributed by atoms with E-state index >= 15 is 0 Å². The van der Waals surface area contributed by atoms with Crippen molar-refractivity contribution >= 4 is 5.97 Å². The van der Waals surface area contributed by atoms with Crippen molar-refractivity contribution < 1.29 is 14.3 Å². The molecule has 1 aliphatic rings. The van der Waals surface area contributed by atoms with E-state index in [0.29, 0.717) is 18.6 Å². The van der Waals surface area contributed by atoms with Crippen LogP contribution < -0.4 is 0 Å². The van der Waals surface area contributed by atoms with Crippen molar-refractivity contribution in [2.75, 3.05) is 6.61 Å². The van der Waals surface area contributed by atoms with Crippen molar-refractivity contribution in [1.29, 1.82) is 0 Å². The highest BCUT2D eigenvalue weighted by Gasteiger charge is 2.46. The van der Waals surface area contributed by atoms with Gasteiger partial charge in [-0.2, -0.15) is 0 Å². The van der Waals surface area contributed by atoms with Crippen molar-refractivity contribution in [2.24, 2.45) is 5.92 Å². The van der Waals surface area contributed by atoms with Crippen LogP contribution in [0.1, 0.15) is 47.0 Å². The van der Waals surface area contributed by atoms with Crippen molar-refractivity contribution in [3.8, 4) is 0 Å². The molecule has 0 bridgehead atoms. The monoisotopic (exact) mass is 240 g/mol. The Kier molecular flexibility index (Phi) is 5.19. The molecule has 1 heterocycles. The summed E-state index contributed by atoms with van der Waals surface area (Å²) in [5.41, 5.74) is 0.0977. The third-order valence-electron chi connectivity index (χ3n) is 3.16. The predicted octanol–water partition coefficient (Wildman–Crippen LogP) is 3.09. The topological polar surface area (TPSA) is 38.8 Å². The average Bonchev–Trinajstić information content (AvgIpc) is 2.84. The van der Waals surface area contributed by atoms with Gasteiger partial charge in [-0.3, -0.25) is 0 Å². The number of epoxide rings is 1. The molecule has 0 aromatic carbocycles. The molecule has 0 N–H and O–H groups in total. The lowest BCUT2D eigenvalue weighted by Gasteiger charge is -2.07. The Hall–Kier alpha value is -0.830. The number of hydrogen-bond acceptors (Lipinski definition) is 3. The van der Waals surface area contributed by atoms with Gasteiger partial charge in [0, 0.05) is 6.08 Å². The van der Waals surface area contributed by atoms with Crippen LogP contribution in [0, 0.1) is 5.92 Å². The zero-order valence-corrected chi connectivity index (χ0v) is 11.4. The van der Waals surface area contributed by atoms with Gasteiger partial charge in [0.05, 0.1) is 18.3 Å². The molecular formula is C14H24O3. The highest BCUT2D eigenvalue weighted by Crippen LogP contribution is 2.39. The lowest BCUT2D eigenvalue weighted by atomic mass is 9.97. The molecule has 1 rings (SSSR count). The van der Waals surface area contributed by atoms with Gasteiger partial charge in [0.1, 0.15) is 0 Å². The first kappa shape index (κ1) is 14.2. The molecule has 17 heavy (non-hydrogen) atoms. The molecule has 0 spiro atoms. The van der Waals surface area contributed by atoms with Crippen LogP contribution in [0.15, 0.2) is 12.2 Å². The second kappa shape index (κ2) is 6.20. The van der Waals surface area contributed by atoms with Gasteiger partial charge in [0.15, 0.2) is 0 Å². The first-order valence-corrected chi connectivity index (χ1v) is 6.46. The summed E-state index contributed by atoms with van der Waals surface area (Å²) in [5, 5.41) is 0. The van der Waals surface area contributed by atoms with Crippen molar-refractivity contribution in [3.63, 3.8) is 0 Å². The molecular weight excluding hydrogens is 216 g/mol. The second-order valence-corrected chi connectivity index (χ2v) is 5.28. The normalized spacial score (nSPS) is 23.6. The molecule has 3 nitrogen and oxygen atoms in total. The summed E-state index contributed by atoms with van der Waals surface area (Å²) in [5.74, 6) is 0.340. The summed E-state index contributed by atoms with van der Waals surface area (Å²) in [7, 11) is 0. The molecule has 0 saturated carbocycles. The summed E-state index contributed by atoms with van der Waals surface area (Å²) in [6, 6.07) is 0. The van der Waals surface area contributed by atoms with E-state index in [9.17, 15) is 4.79 Å². The van der Waals surface area contributed by atoms with E-state index in [-0.39, 0.29) is 11.6 Å². The maximum absolute atomic E-state index is 11.1. The Bertz CT molecular complexity index is 281. The van der Waals surface area contributed by atoms with Gasteiger partial charge < -0.3 is 9.47 Å². The third kappa shape index (κ3) is 5.35. The number of rotatable bonds is 7. The number of ether oxygens (including phenoxy) is 2. The van der Waals surface area contributed by atoms with Gasteiger partial charge in [0.25, 0.3) is 0 Å². The highest BCUT2D eigenvalue weighted by atomic mass is 16.6. The zero-order valence-electron chi connectivity index (χ0n) is 11.4. The van der Waals surface area contributed by atoms with E-state index in [1.165, 1.54) is 6.08 Å². The van der Waals surface area contributed by atoms with E-state index in [1.807, 2.05) is 13.0 Å². The molecule has 0 amide bonds. The quantitative estimate of drug-likeness (QED) is 0.390. The molecule has 1 saturated heterocycles. The fourth-order valence-electron chi connectivity index (χ4n) is 1.88. The summed E-state index contributed by atoms with van der Waals surface area (Å²) < 4.78 is 10.4. The highest BCUT2D eigenvalue weighted by molar-refractivity contribution is 5.81. The van der Waals surface area contributed by atoms with E-state index in [2.05, 4.69) is 20.8 Å². The van der Waals surface area contributed by atoms with Crippen LogP contribution in [0.2, 0.25) is 0 Å². The molecule has 0 aliphatic carbocycles. The van der Waals surface area contributed by atoms with Gasteiger partial charge in [-0.25, -0.2) is 4.79 Å². The Labute approximate surface area is 104 Å². The maximum atomic E-state index is 11.1. The molecule has 98 valence electrons. The molecule has 1 aliphatic heterocycles. The summed E-state index contributed by atoms with van der Waals surface area (Å²) >= 11 is 0. The van der Waals surface area contributed by atoms with Crippen LogP contribution in [0.3, 0.4) is 0 Å². The molecule has 3 heteroatoms. The van der Waals surface area contributed by atoms with Gasteiger partial charge >= 0.3 is 5.97 Å². The van der Waals surface area contributed by atoms with Gasteiger partial charge in [-0.15, -0.1) is 0 Å². The second-order valence-electron chi connectivity index (χ2n) is 5.28. The van der Waals surface area contributed by atoms with E-state index in [0.717, 1.165) is 19.3 Å². The largest absolute Gasteiger partial charge is 0.463 e. The van der Waals surface area contributed by atoms with Crippen molar-refractivity contribution in [2.45, 2.75) is 58.7 Å². The molecule has 1 fully saturated rings. The van der Waals surface area contributed by atoms with Crippen LogP contribution >= 0.6 is 0 Å². The van der Waals surface area contributed by atoms with Crippen LogP contribution in [0.5, 0.6) is 0 Å². The van der Waals surface area contributed by atoms with Gasteiger partial charge in [0.2, 0.25) is 0 Å². The fourth-order valence-corrected chi connectivity index (χ4v) is 1.88. The molecule has 0 aromatic rings. The maximum Gasteiger partial charge on any atom is 0.330 e. The molecule has 2 atom stereocenters. The number of carbonyl (C=O) groups excluding carboxylic acids is 1. The fraction of sp³-hybridized carbons (Fsp3) is 0.786. The standard InChI is InChI=1S/C14H24O3/c1-5-16-13(15)8-6-7-11(2)9-10-12-14(3,4)17-12/h6,8,11-12H,5,7,9-10H2,1-4H3/b8-6+/t11-,12?/m1/s1. The lowest BCUT2D eigenvalue weighted by molar-refractivity contribution is -0.137. The Morgan fingerprint density at radius 1 is 1.53 bits per heavy atom. The first-order valence-electron chi connectivity index (χ1n) is 6.46. The predicted molar refractivity (Wildman–Crippen MR) is 67.7 cm³/mol. The minimum atomic E-state index is -0.244. The Morgan fingerprint density at radius 3 is 2.71 bits per heavy atom. The number of carbonyl (C=O) groups is 1. The number of allylic oxidation sites excluding steroid dienone is 1. The number of esters is 1. The van der Waals surface area contributed by atoms with Crippen LogP contribution in [0.4, 0.5) is 0 Å². The summed E-state index contributed by atoms with van der Waals surface area (Å²) in [6.45, 7) is 8.70. The van der Waals surface area contributed by atoms with Crippen LogP contribution in [0.25, 0.3) is 0 Å². The van der Waals surface area contributed by atoms with E-state index in [4.69, 9.17) is 9.47 Å². The Morgan fingerprint density at radius 2 is 2.18 bits per heavy atom. The van der Waals surface area contributed by atoms with Crippen LogP contribution in [-0.4, -0.2) is 24.3 Å². The van der Waals surface area contributed by atoms with Crippen LogP contribution in [-0.2, 0) is 14.3 Å². The number of hydrogen-bond donors (Lipinski definition) is 0. The molecule has 0 radical (unpaired) electrons. The first-order chi connectivity index (χ1) is 7.95. The molecule has 1 unspecified atom stereocenters. The SMILES string of the molecule is CCOC(=O)/C=C/C[C@@H](C)CCC1OC1(C)C. The van der Waals surface area contributed by atoms with E-state index in [1.54, 1.807) is 0 Å². The minimum absolute atomic E-state index is 0.0977. The van der Waals surface area contributed by atoms with E-state index < -0.39 is 0 Å². The van der Waals surface area contributed by atoms with Gasteiger partial charge in [-0.1, -0.05) is 13.0 Å². The summed E-state index contributed by atoms with van der Waals surface area (Å²) in [6.07, 6.45) is 7.03. The van der Waals surface area contributed by atoms with Crippen molar-refractivity contribution in [1.82, 2.24) is 0 Å². The third-order valence-corrected chi connectivity index (χ3v) is 3.16. The lowest BCUT2D eigenvalue weighted by Crippen LogP contribution is -2.05. The average molecular weight is 240 g/mol. The van der Waals surface area contributed by atoms with Crippen molar-refractivity contribution in [3.05, 3.63) is 12.2 Å². The van der Waals surface area contributed by atoms with Gasteiger partial charge in [-0.05, 0) is 46.0 Å².